The Morgan fingerprint density at radius 2 is 1.57 bits per heavy atom. The summed E-state index contributed by atoms with van der Waals surface area (Å²) in [7, 11) is 4.67. The number of benzene rings is 1. The fourth-order valence-corrected chi connectivity index (χ4v) is 3.36. The third kappa shape index (κ3) is 3.54. The zero-order valence-corrected chi connectivity index (χ0v) is 14.7. The Bertz CT molecular complexity index is 525. The van der Waals surface area contributed by atoms with Gasteiger partial charge in [0.05, 0.1) is 21.3 Å². The van der Waals surface area contributed by atoms with Crippen molar-refractivity contribution in [1.29, 1.82) is 0 Å². The summed E-state index contributed by atoms with van der Waals surface area (Å²) in [5.41, 5.74) is 0.570. The lowest BCUT2D eigenvalue weighted by Gasteiger charge is -2.33. The maximum atomic E-state index is 13.1. The number of hydrogen-bond acceptors (Lipinski definition) is 4. The van der Waals surface area contributed by atoms with Crippen molar-refractivity contribution in [2.75, 3.05) is 21.3 Å². The van der Waals surface area contributed by atoms with E-state index in [2.05, 4.69) is 13.8 Å². The Labute approximate surface area is 138 Å². The highest BCUT2D eigenvalue weighted by molar-refractivity contribution is 5.96. The molecule has 1 saturated carbocycles. The first-order chi connectivity index (χ1) is 11.0. The Kier molecular flexibility index (Phi) is 5.74. The normalized spacial score (nSPS) is 14.9. The zero-order valence-electron chi connectivity index (χ0n) is 14.7. The molecular formula is C18H27NO4. The Morgan fingerprint density at radius 3 is 1.96 bits per heavy atom. The number of amides is 1. The summed E-state index contributed by atoms with van der Waals surface area (Å²) in [5.74, 6) is 1.53. The fraction of sp³-hybridized carbons (Fsp3) is 0.611. The standard InChI is InChI=1S/C18H27NO4/c1-12(2)19(14-8-6-7-9-14)18(20)13-10-15(21-3)17(23-5)16(11-13)22-4/h10-12,14H,6-9H2,1-5H3. The number of carbonyl (C=O) groups excluding carboxylic acids is 1. The van der Waals surface area contributed by atoms with E-state index in [1.54, 1.807) is 33.5 Å². The molecule has 0 saturated heterocycles. The molecule has 0 spiro atoms. The average Bonchev–Trinajstić information content (AvgIpc) is 3.06. The number of rotatable bonds is 6. The van der Waals surface area contributed by atoms with Gasteiger partial charge in [0.1, 0.15) is 0 Å². The summed E-state index contributed by atoms with van der Waals surface area (Å²) in [6, 6.07) is 3.94. The van der Waals surface area contributed by atoms with Gasteiger partial charge in [-0.25, -0.2) is 0 Å². The Morgan fingerprint density at radius 1 is 1.04 bits per heavy atom. The van der Waals surface area contributed by atoms with Crippen LogP contribution in [-0.2, 0) is 0 Å². The monoisotopic (exact) mass is 321 g/mol. The van der Waals surface area contributed by atoms with Gasteiger partial charge in [0.15, 0.2) is 11.5 Å². The molecule has 1 aliphatic rings. The molecule has 0 unspecified atom stereocenters. The molecule has 0 bridgehead atoms. The summed E-state index contributed by atoms with van der Waals surface area (Å²) in [6.07, 6.45) is 4.54. The van der Waals surface area contributed by atoms with Crippen LogP contribution in [0, 0.1) is 0 Å². The van der Waals surface area contributed by atoms with Crippen molar-refractivity contribution in [3.63, 3.8) is 0 Å². The maximum Gasteiger partial charge on any atom is 0.254 e. The van der Waals surface area contributed by atoms with Crippen LogP contribution in [0.4, 0.5) is 0 Å². The molecule has 0 aliphatic heterocycles. The van der Waals surface area contributed by atoms with Gasteiger partial charge in [-0.3, -0.25) is 4.79 Å². The van der Waals surface area contributed by atoms with Gasteiger partial charge < -0.3 is 19.1 Å². The minimum atomic E-state index is 0.0196. The molecule has 5 nitrogen and oxygen atoms in total. The molecule has 2 rings (SSSR count). The van der Waals surface area contributed by atoms with Crippen LogP contribution in [0.25, 0.3) is 0 Å². The van der Waals surface area contributed by atoms with Gasteiger partial charge in [0, 0.05) is 17.6 Å². The van der Waals surface area contributed by atoms with Crippen LogP contribution in [0.5, 0.6) is 17.2 Å². The highest BCUT2D eigenvalue weighted by Gasteiger charge is 2.30. The van der Waals surface area contributed by atoms with Crippen LogP contribution < -0.4 is 14.2 Å². The predicted octanol–water partition coefficient (Wildman–Crippen LogP) is 3.51. The van der Waals surface area contributed by atoms with Crippen molar-refractivity contribution < 1.29 is 19.0 Å². The van der Waals surface area contributed by atoms with Crippen molar-refractivity contribution >= 4 is 5.91 Å². The second-order valence-electron chi connectivity index (χ2n) is 6.16. The number of hydrogen-bond donors (Lipinski definition) is 0. The first kappa shape index (κ1) is 17.4. The molecule has 1 aromatic rings. The smallest absolute Gasteiger partial charge is 0.254 e. The molecule has 0 radical (unpaired) electrons. The Hall–Kier alpha value is -1.91. The first-order valence-corrected chi connectivity index (χ1v) is 8.16. The topological polar surface area (TPSA) is 48.0 Å². The molecular weight excluding hydrogens is 294 g/mol. The molecule has 1 fully saturated rings. The summed E-state index contributed by atoms with van der Waals surface area (Å²) in [6.45, 7) is 4.13. The van der Waals surface area contributed by atoms with E-state index in [1.165, 1.54) is 12.8 Å². The van der Waals surface area contributed by atoms with E-state index in [0.717, 1.165) is 12.8 Å². The highest BCUT2D eigenvalue weighted by Crippen LogP contribution is 2.39. The SMILES string of the molecule is COc1cc(C(=O)N(C(C)C)C2CCCC2)cc(OC)c1OC. The molecule has 5 heteroatoms. The highest BCUT2D eigenvalue weighted by atomic mass is 16.5. The van der Waals surface area contributed by atoms with Crippen molar-refractivity contribution in [2.45, 2.75) is 51.6 Å². The van der Waals surface area contributed by atoms with Crippen molar-refractivity contribution in [3.05, 3.63) is 17.7 Å². The molecule has 0 heterocycles. The quantitative estimate of drug-likeness (QED) is 0.804. The Balaban J connectivity index is 2.40. The van der Waals surface area contributed by atoms with Crippen molar-refractivity contribution in [1.82, 2.24) is 4.90 Å². The minimum Gasteiger partial charge on any atom is -0.493 e. The number of ether oxygens (including phenoxy) is 3. The second kappa shape index (κ2) is 7.57. The van der Waals surface area contributed by atoms with E-state index in [9.17, 15) is 4.79 Å². The zero-order chi connectivity index (χ0) is 17.0. The molecule has 0 aromatic heterocycles. The number of carbonyl (C=O) groups is 1. The van der Waals surface area contributed by atoms with Gasteiger partial charge in [-0.15, -0.1) is 0 Å². The van der Waals surface area contributed by atoms with E-state index in [4.69, 9.17) is 14.2 Å². The predicted molar refractivity (Wildman–Crippen MR) is 89.7 cm³/mol. The van der Waals surface area contributed by atoms with Crippen LogP contribution in [-0.4, -0.2) is 44.2 Å². The molecule has 1 aliphatic carbocycles. The third-order valence-electron chi connectivity index (χ3n) is 4.42. The summed E-state index contributed by atoms with van der Waals surface area (Å²) in [5, 5.41) is 0. The summed E-state index contributed by atoms with van der Waals surface area (Å²) >= 11 is 0. The van der Waals surface area contributed by atoms with Crippen LogP contribution in [0.2, 0.25) is 0 Å². The van der Waals surface area contributed by atoms with Gasteiger partial charge in [-0.1, -0.05) is 12.8 Å². The van der Waals surface area contributed by atoms with E-state index in [1.807, 2.05) is 4.90 Å². The molecule has 23 heavy (non-hydrogen) atoms. The molecule has 1 aromatic carbocycles. The average molecular weight is 321 g/mol. The van der Waals surface area contributed by atoms with Gasteiger partial charge >= 0.3 is 0 Å². The van der Waals surface area contributed by atoms with Crippen LogP contribution in [0.3, 0.4) is 0 Å². The molecule has 0 N–H and O–H groups in total. The third-order valence-corrected chi connectivity index (χ3v) is 4.42. The summed E-state index contributed by atoms with van der Waals surface area (Å²) < 4.78 is 16.0. The molecule has 1 amide bonds. The van der Waals surface area contributed by atoms with Crippen molar-refractivity contribution in [3.8, 4) is 17.2 Å². The number of nitrogens with zero attached hydrogens (tertiary/aromatic N) is 1. The summed E-state index contributed by atoms with van der Waals surface area (Å²) in [4.78, 5) is 15.1. The minimum absolute atomic E-state index is 0.0196. The van der Waals surface area contributed by atoms with E-state index < -0.39 is 0 Å². The second-order valence-corrected chi connectivity index (χ2v) is 6.16. The van der Waals surface area contributed by atoms with Gasteiger partial charge in [0.2, 0.25) is 5.75 Å². The van der Waals surface area contributed by atoms with E-state index in [-0.39, 0.29) is 11.9 Å². The number of methoxy groups -OCH3 is 3. The lowest BCUT2D eigenvalue weighted by atomic mass is 10.1. The lowest BCUT2D eigenvalue weighted by Crippen LogP contribution is -2.43. The molecule has 128 valence electrons. The van der Waals surface area contributed by atoms with Crippen molar-refractivity contribution in [2.24, 2.45) is 0 Å². The van der Waals surface area contributed by atoms with Crippen LogP contribution >= 0.6 is 0 Å². The maximum absolute atomic E-state index is 13.1. The fourth-order valence-electron chi connectivity index (χ4n) is 3.36. The van der Waals surface area contributed by atoms with Crippen LogP contribution in [0.15, 0.2) is 12.1 Å². The largest absolute Gasteiger partial charge is 0.493 e. The van der Waals surface area contributed by atoms with Gasteiger partial charge in [-0.2, -0.15) is 0 Å². The van der Waals surface area contributed by atoms with Crippen LogP contribution in [0.1, 0.15) is 49.9 Å². The van der Waals surface area contributed by atoms with Gasteiger partial charge in [-0.05, 0) is 38.8 Å². The van der Waals surface area contributed by atoms with E-state index >= 15 is 0 Å². The van der Waals surface area contributed by atoms with Gasteiger partial charge in [0.25, 0.3) is 5.91 Å². The molecule has 0 atom stereocenters. The lowest BCUT2D eigenvalue weighted by molar-refractivity contribution is 0.0612. The van der Waals surface area contributed by atoms with E-state index in [0.29, 0.717) is 28.9 Å². The first-order valence-electron chi connectivity index (χ1n) is 8.16.